The molecule has 0 radical (unpaired) electrons. The summed E-state index contributed by atoms with van der Waals surface area (Å²) in [7, 11) is 0. The molecule has 0 bridgehead atoms. The van der Waals surface area contributed by atoms with Crippen LogP contribution in [-0.2, 0) is 15.7 Å². The van der Waals surface area contributed by atoms with Crippen LogP contribution in [0.1, 0.15) is 32.8 Å². The molecular formula is C28H30ClF3N6O4. The Kier molecular flexibility index (Phi) is 8.44. The molecule has 0 aliphatic carbocycles. The molecule has 42 heavy (non-hydrogen) atoms. The number of nitrogens with one attached hydrogen (secondary N) is 1. The quantitative estimate of drug-likeness (QED) is 0.364. The largest absolute Gasteiger partial charge is 0.461 e. The van der Waals surface area contributed by atoms with Gasteiger partial charge in [0.05, 0.1) is 28.6 Å². The van der Waals surface area contributed by atoms with E-state index in [0.29, 0.717) is 38.3 Å². The number of fused-ring (bicyclic) bond motifs is 1. The molecule has 0 spiro atoms. The molecule has 5 rings (SSSR count). The summed E-state index contributed by atoms with van der Waals surface area (Å²) >= 11 is 6.57. The average Bonchev–Trinajstić information content (AvgIpc) is 3.19. The number of nitrogens with zero attached hydrogens (tertiary/aromatic N) is 5. The van der Waals surface area contributed by atoms with Gasteiger partial charge in [-0.3, -0.25) is 10.2 Å². The van der Waals surface area contributed by atoms with Crippen LogP contribution in [0, 0.1) is 0 Å². The number of amides is 2. The first kappa shape index (κ1) is 29.8. The van der Waals surface area contributed by atoms with Crippen LogP contribution in [0.5, 0.6) is 6.01 Å². The molecule has 10 nitrogen and oxygen atoms in total. The Labute approximate surface area is 245 Å². The minimum absolute atomic E-state index is 0.0475. The van der Waals surface area contributed by atoms with Gasteiger partial charge >= 0.3 is 18.2 Å². The molecule has 2 aromatic heterocycles. The van der Waals surface area contributed by atoms with Crippen molar-refractivity contribution in [1.29, 1.82) is 0 Å². The van der Waals surface area contributed by atoms with Crippen molar-refractivity contribution in [2.45, 2.75) is 45.3 Å². The zero-order valence-electron chi connectivity index (χ0n) is 23.2. The number of carbonyl (C=O) groups excluding carboxylic acids is 1. The van der Waals surface area contributed by atoms with Crippen LogP contribution in [-0.4, -0.2) is 65.7 Å². The van der Waals surface area contributed by atoms with Crippen molar-refractivity contribution in [3.05, 3.63) is 53.2 Å². The van der Waals surface area contributed by atoms with Crippen molar-refractivity contribution < 1.29 is 32.2 Å². The highest BCUT2D eigenvalue weighted by atomic mass is 35.5. The molecule has 1 saturated heterocycles. The van der Waals surface area contributed by atoms with Crippen LogP contribution in [0.2, 0.25) is 5.02 Å². The van der Waals surface area contributed by atoms with Gasteiger partial charge in [-0.2, -0.15) is 18.2 Å². The first-order valence-corrected chi connectivity index (χ1v) is 13.8. The lowest BCUT2D eigenvalue weighted by molar-refractivity contribution is -0.141. The summed E-state index contributed by atoms with van der Waals surface area (Å²) < 4.78 is 57.2. The first-order chi connectivity index (χ1) is 19.9. The van der Waals surface area contributed by atoms with Crippen LogP contribution in [0.15, 0.2) is 42.6 Å². The van der Waals surface area contributed by atoms with Gasteiger partial charge in [-0.1, -0.05) is 23.7 Å². The number of alkyl halides is 3. The number of ether oxygens (including phenoxy) is 3. The maximum absolute atomic E-state index is 13.6. The summed E-state index contributed by atoms with van der Waals surface area (Å²) in [6.45, 7) is 7.65. The van der Waals surface area contributed by atoms with Gasteiger partial charge in [0.15, 0.2) is 11.6 Å². The fourth-order valence-corrected chi connectivity index (χ4v) is 5.04. The van der Waals surface area contributed by atoms with Gasteiger partial charge in [-0.05, 0) is 51.5 Å². The minimum Gasteiger partial charge on any atom is -0.461 e. The smallest absolute Gasteiger partial charge is 0.416 e. The lowest BCUT2D eigenvalue weighted by Crippen LogP contribution is -2.36. The predicted octanol–water partition coefficient (Wildman–Crippen LogP) is 6.01. The highest BCUT2D eigenvalue weighted by Crippen LogP contribution is 2.40. The van der Waals surface area contributed by atoms with Crippen LogP contribution in [0.4, 0.5) is 35.3 Å². The molecule has 3 aromatic rings. The number of halogens is 4. The van der Waals surface area contributed by atoms with Crippen molar-refractivity contribution in [3.8, 4) is 17.3 Å². The molecule has 0 saturated carbocycles. The van der Waals surface area contributed by atoms with E-state index in [2.05, 4.69) is 20.3 Å². The summed E-state index contributed by atoms with van der Waals surface area (Å²) in [5.74, 6) is -0.227. The lowest BCUT2D eigenvalue weighted by Gasteiger charge is -2.26. The van der Waals surface area contributed by atoms with E-state index < -0.39 is 23.6 Å². The maximum Gasteiger partial charge on any atom is 0.416 e. The molecule has 14 heteroatoms. The van der Waals surface area contributed by atoms with E-state index in [9.17, 15) is 18.0 Å². The van der Waals surface area contributed by atoms with E-state index in [1.807, 2.05) is 25.7 Å². The zero-order valence-corrected chi connectivity index (χ0v) is 24.0. The Bertz CT molecular complexity index is 1460. The van der Waals surface area contributed by atoms with Gasteiger partial charge in [-0.25, -0.2) is 14.8 Å². The molecule has 0 unspecified atom stereocenters. The fraction of sp³-hybridized carbons (Fsp3) is 0.429. The Balaban J connectivity index is 1.40. The lowest BCUT2D eigenvalue weighted by atomic mass is 10.1. The second-order valence-electron chi connectivity index (χ2n) is 10.2. The number of aromatic nitrogens is 3. The SMILES string of the molecule is CCN1CCCN(C(=O)Nc2ccnc(OC[C@H]3COC(C)(C)O3)n2)c2nc(-c3cccc(C(F)(F)F)c3)c(Cl)cc21. The van der Waals surface area contributed by atoms with Gasteiger partial charge in [0.25, 0.3) is 0 Å². The Morgan fingerprint density at radius 1 is 1.21 bits per heavy atom. The van der Waals surface area contributed by atoms with E-state index in [4.69, 9.17) is 25.8 Å². The minimum atomic E-state index is -4.53. The monoisotopic (exact) mass is 606 g/mol. The van der Waals surface area contributed by atoms with Crippen LogP contribution in [0.25, 0.3) is 11.3 Å². The van der Waals surface area contributed by atoms with Gasteiger partial charge in [-0.15, -0.1) is 0 Å². The van der Waals surface area contributed by atoms with Crippen molar-refractivity contribution in [1.82, 2.24) is 15.0 Å². The molecular weight excluding hydrogens is 577 g/mol. The summed E-state index contributed by atoms with van der Waals surface area (Å²) in [5.41, 5.74) is 0.0913. The molecule has 1 fully saturated rings. The zero-order chi connectivity index (χ0) is 30.1. The number of hydrogen-bond acceptors (Lipinski definition) is 8. The molecule has 1 aromatic carbocycles. The van der Waals surface area contributed by atoms with Gasteiger partial charge in [0.1, 0.15) is 18.5 Å². The van der Waals surface area contributed by atoms with E-state index in [1.165, 1.54) is 29.3 Å². The first-order valence-electron chi connectivity index (χ1n) is 13.4. The highest BCUT2D eigenvalue weighted by molar-refractivity contribution is 6.33. The van der Waals surface area contributed by atoms with Crippen molar-refractivity contribution >= 4 is 35.0 Å². The van der Waals surface area contributed by atoms with Gasteiger partial charge in [0, 0.05) is 31.4 Å². The number of benzene rings is 1. The number of rotatable bonds is 6. The van der Waals surface area contributed by atoms with E-state index in [1.54, 1.807) is 6.07 Å². The summed E-state index contributed by atoms with van der Waals surface area (Å²) in [5, 5.41) is 2.93. The number of carbonyl (C=O) groups is 1. The molecule has 4 heterocycles. The molecule has 2 aliphatic rings. The second kappa shape index (κ2) is 11.9. The van der Waals surface area contributed by atoms with Crippen LogP contribution in [0.3, 0.4) is 0 Å². The normalized spacial score (nSPS) is 18.4. The van der Waals surface area contributed by atoms with E-state index in [-0.39, 0.29) is 46.6 Å². The van der Waals surface area contributed by atoms with Crippen LogP contribution < -0.4 is 19.9 Å². The van der Waals surface area contributed by atoms with Crippen molar-refractivity contribution in [3.63, 3.8) is 0 Å². The Hall–Kier alpha value is -3.68. The summed E-state index contributed by atoms with van der Waals surface area (Å²) in [6.07, 6.45) is -2.76. The third-order valence-corrected chi connectivity index (χ3v) is 7.06. The molecule has 2 aliphatic heterocycles. The van der Waals surface area contributed by atoms with Crippen LogP contribution >= 0.6 is 11.6 Å². The summed E-state index contributed by atoms with van der Waals surface area (Å²) in [6, 6.07) is 7.45. The molecule has 1 N–H and O–H groups in total. The second-order valence-corrected chi connectivity index (χ2v) is 10.6. The van der Waals surface area contributed by atoms with Crippen molar-refractivity contribution in [2.24, 2.45) is 0 Å². The predicted molar refractivity (Wildman–Crippen MR) is 151 cm³/mol. The number of pyridine rings is 1. The molecule has 224 valence electrons. The number of anilines is 3. The van der Waals surface area contributed by atoms with Gasteiger partial charge < -0.3 is 19.1 Å². The highest BCUT2D eigenvalue weighted by Gasteiger charge is 2.34. The standard InChI is InChI=1S/C28H30ClF3N6O4/c1-4-37-11-6-12-38(24-21(37)14-20(29)23(36-24)17-7-5-8-18(13-17)28(30,31)32)26(39)35-22-9-10-33-25(34-22)40-15-19-16-41-27(2,3)42-19/h5,7-10,13-14,19H,4,6,11-12,15-16H2,1-3H3,(H,33,34,35,39)/t19-/m0/s1. The topological polar surface area (TPSA) is 102 Å². The third-order valence-electron chi connectivity index (χ3n) is 6.77. The van der Waals surface area contributed by atoms with E-state index in [0.717, 1.165) is 12.1 Å². The maximum atomic E-state index is 13.6. The fourth-order valence-electron chi connectivity index (χ4n) is 4.79. The van der Waals surface area contributed by atoms with Gasteiger partial charge in [0.2, 0.25) is 0 Å². The Morgan fingerprint density at radius 2 is 2.02 bits per heavy atom. The molecule has 2 amide bonds. The Morgan fingerprint density at radius 3 is 2.74 bits per heavy atom. The number of urea groups is 1. The summed E-state index contributed by atoms with van der Waals surface area (Å²) in [4.78, 5) is 30.1. The molecule has 1 atom stereocenters. The number of hydrogen-bond donors (Lipinski definition) is 1. The van der Waals surface area contributed by atoms with E-state index >= 15 is 0 Å². The third kappa shape index (κ3) is 6.69. The average molecular weight is 607 g/mol. The van der Waals surface area contributed by atoms with Crippen molar-refractivity contribution in [2.75, 3.05) is 48.0 Å².